The van der Waals surface area contributed by atoms with Crippen LogP contribution in [0.1, 0.15) is 26.2 Å². The minimum Gasteiger partial charge on any atom is -0.298 e. The van der Waals surface area contributed by atoms with Crippen LogP contribution in [0, 0.1) is 0 Å². The van der Waals surface area contributed by atoms with E-state index in [0.717, 1.165) is 18.3 Å². The summed E-state index contributed by atoms with van der Waals surface area (Å²) >= 11 is 0. The maximum absolute atomic E-state index is 11.2. The number of rotatable bonds is 4. The van der Waals surface area contributed by atoms with E-state index in [1.807, 2.05) is 6.26 Å². The summed E-state index contributed by atoms with van der Waals surface area (Å²) in [6, 6.07) is 1.48. The second kappa shape index (κ2) is 5.61. The number of hydrogen-bond donors (Lipinski definition) is 0. The second-order valence-corrected chi connectivity index (χ2v) is 6.68. The van der Waals surface area contributed by atoms with Crippen LogP contribution in [0.2, 0.25) is 0 Å². The normalized spacial score (nSPS) is 33.9. The van der Waals surface area contributed by atoms with Gasteiger partial charge in [0.05, 0.1) is 0 Å². The average Bonchev–Trinajstić information content (AvgIpc) is 2.71. The molecule has 2 aliphatic rings. The first kappa shape index (κ1) is 12.5. The second-order valence-electron chi connectivity index (χ2n) is 5.13. The van der Waals surface area contributed by atoms with Crippen molar-refractivity contribution in [2.75, 3.05) is 38.2 Å². The van der Waals surface area contributed by atoms with E-state index < -0.39 is 10.8 Å². The fraction of sp³-hybridized carbons (Fsp3) is 1.00. The zero-order chi connectivity index (χ0) is 11.5. The van der Waals surface area contributed by atoms with Gasteiger partial charge >= 0.3 is 0 Å². The molecule has 0 N–H and O–H groups in total. The summed E-state index contributed by atoms with van der Waals surface area (Å²) in [5, 5.41) is 0. The first-order chi connectivity index (χ1) is 7.70. The summed E-state index contributed by atoms with van der Waals surface area (Å²) in [5.74, 6) is 0.837. The first-order valence-corrected chi connectivity index (χ1v) is 8.21. The van der Waals surface area contributed by atoms with Crippen LogP contribution >= 0.6 is 0 Å². The molecular formula is C12H24N2OS. The van der Waals surface area contributed by atoms with E-state index in [1.165, 1.54) is 38.9 Å². The number of fused-ring (bicyclic) bond motifs is 1. The van der Waals surface area contributed by atoms with Crippen molar-refractivity contribution in [3.8, 4) is 0 Å². The lowest BCUT2D eigenvalue weighted by Crippen LogP contribution is -2.56. The predicted octanol–water partition coefficient (Wildman–Crippen LogP) is 0.924. The van der Waals surface area contributed by atoms with Crippen LogP contribution in [0.25, 0.3) is 0 Å². The molecule has 0 aromatic carbocycles. The molecule has 0 saturated carbocycles. The quantitative estimate of drug-likeness (QED) is 0.735. The maximum Gasteiger partial charge on any atom is 0.0359 e. The third kappa shape index (κ3) is 2.84. The number of hydrogen-bond acceptors (Lipinski definition) is 3. The van der Waals surface area contributed by atoms with Gasteiger partial charge < -0.3 is 0 Å². The molecule has 3 unspecified atom stereocenters. The molecule has 0 spiro atoms. The highest BCUT2D eigenvalue weighted by atomic mass is 32.2. The van der Waals surface area contributed by atoms with Gasteiger partial charge in [-0.3, -0.25) is 14.0 Å². The lowest BCUT2D eigenvalue weighted by atomic mass is 10.1. The molecule has 2 saturated heterocycles. The molecule has 3 atom stereocenters. The van der Waals surface area contributed by atoms with Crippen LogP contribution in [-0.4, -0.2) is 64.3 Å². The van der Waals surface area contributed by atoms with Crippen molar-refractivity contribution in [3.63, 3.8) is 0 Å². The summed E-state index contributed by atoms with van der Waals surface area (Å²) in [4.78, 5) is 5.24. The summed E-state index contributed by atoms with van der Waals surface area (Å²) in [7, 11) is -0.646. The van der Waals surface area contributed by atoms with Gasteiger partial charge in [0, 0.05) is 54.5 Å². The Morgan fingerprint density at radius 2 is 2.19 bits per heavy atom. The minimum absolute atomic E-state index is 0.646. The third-order valence-electron chi connectivity index (χ3n) is 4.04. The summed E-state index contributed by atoms with van der Waals surface area (Å²) < 4.78 is 11.2. The van der Waals surface area contributed by atoms with Crippen LogP contribution in [0.3, 0.4) is 0 Å². The molecule has 94 valence electrons. The fourth-order valence-corrected chi connectivity index (χ4v) is 3.55. The molecule has 2 fully saturated rings. The van der Waals surface area contributed by atoms with Crippen LogP contribution in [0.4, 0.5) is 0 Å². The van der Waals surface area contributed by atoms with Crippen molar-refractivity contribution in [3.05, 3.63) is 0 Å². The zero-order valence-corrected chi connectivity index (χ0v) is 11.3. The molecule has 16 heavy (non-hydrogen) atoms. The molecule has 4 heteroatoms. The summed E-state index contributed by atoms with van der Waals surface area (Å²) in [6.45, 7) is 7.03. The average molecular weight is 244 g/mol. The van der Waals surface area contributed by atoms with Gasteiger partial charge in [-0.25, -0.2) is 0 Å². The van der Waals surface area contributed by atoms with Gasteiger partial charge in [0.15, 0.2) is 0 Å². The van der Waals surface area contributed by atoms with Gasteiger partial charge in [-0.05, 0) is 25.8 Å². The molecule has 0 aliphatic carbocycles. The smallest absolute Gasteiger partial charge is 0.0359 e. The van der Waals surface area contributed by atoms with Gasteiger partial charge in [-0.1, -0.05) is 6.92 Å². The number of nitrogens with zero attached hydrogens (tertiary/aromatic N) is 2. The molecule has 3 nitrogen and oxygen atoms in total. The first-order valence-electron chi connectivity index (χ1n) is 6.48. The lowest BCUT2D eigenvalue weighted by molar-refractivity contribution is 0.0540. The van der Waals surface area contributed by atoms with Gasteiger partial charge in [0.2, 0.25) is 0 Å². The van der Waals surface area contributed by atoms with Crippen molar-refractivity contribution in [1.29, 1.82) is 0 Å². The van der Waals surface area contributed by atoms with E-state index in [2.05, 4.69) is 16.7 Å². The molecule has 2 aliphatic heterocycles. The fourth-order valence-electron chi connectivity index (χ4n) is 3.06. The van der Waals surface area contributed by atoms with E-state index >= 15 is 0 Å². The Morgan fingerprint density at radius 3 is 2.88 bits per heavy atom. The van der Waals surface area contributed by atoms with Gasteiger partial charge in [0.1, 0.15) is 0 Å². The highest BCUT2D eigenvalue weighted by molar-refractivity contribution is 7.84. The predicted molar refractivity (Wildman–Crippen MR) is 69.2 cm³/mol. The Bertz CT molecular complexity index is 259. The molecule has 2 rings (SSSR count). The Labute approximate surface area is 102 Å². The largest absolute Gasteiger partial charge is 0.298 e. The zero-order valence-electron chi connectivity index (χ0n) is 10.5. The van der Waals surface area contributed by atoms with Gasteiger partial charge in [-0.15, -0.1) is 0 Å². The minimum atomic E-state index is -0.646. The summed E-state index contributed by atoms with van der Waals surface area (Å²) in [6.07, 6.45) is 5.77. The lowest BCUT2D eigenvalue weighted by Gasteiger charge is -2.43. The molecule has 0 aromatic heterocycles. The topological polar surface area (TPSA) is 23.6 Å². The van der Waals surface area contributed by atoms with E-state index in [0.29, 0.717) is 6.04 Å². The van der Waals surface area contributed by atoms with Crippen LogP contribution < -0.4 is 0 Å². The van der Waals surface area contributed by atoms with Crippen molar-refractivity contribution in [2.24, 2.45) is 0 Å². The molecule has 0 bridgehead atoms. The van der Waals surface area contributed by atoms with Crippen molar-refractivity contribution in [2.45, 2.75) is 38.3 Å². The van der Waals surface area contributed by atoms with Crippen molar-refractivity contribution >= 4 is 10.8 Å². The molecule has 0 aromatic rings. The highest BCUT2D eigenvalue weighted by Crippen LogP contribution is 2.25. The Morgan fingerprint density at radius 1 is 1.38 bits per heavy atom. The third-order valence-corrected chi connectivity index (χ3v) is 4.80. The van der Waals surface area contributed by atoms with Gasteiger partial charge in [-0.2, -0.15) is 0 Å². The van der Waals surface area contributed by atoms with E-state index in [4.69, 9.17) is 0 Å². The highest BCUT2D eigenvalue weighted by Gasteiger charge is 2.35. The van der Waals surface area contributed by atoms with Gasteiger partial charge in [0.25, 0.3) is 0 Å². The summed E-state index contributed by atoms with van der Waals surface area (Å²) in [5.41, 5.74) is 0. The monoisotopic (exact) mass is 244 g/mol. The Hall–Kier alpha value is 0.0700. The van der Waals surface area contributed by atoms with E-state index in [-0.39, 0.29) is 0 Å². The SMILES string of the molecule is CCC1CN2CCCC2CN1CCS(C)=O. The van der Waals surface area contributed by atoms with Crippen LogP contribution in [0.5, 0.6) is 0 Å². The Balaban J connectivity index is 1.91. The molecule has 0 radical (unpaired) electrons. The standard InChI is InChI=1S/C12H24N2OS/c1-3-11-9-13-6-4-5-12(13)10-14(11)7-8-16(2)15/h11-12H,3-10H2,1-2H3. The number of piperazine rings is 1. The maximum atomic E-state index is 11.2. The molecular weight excluding hydrogens is 220 g/mol. The Kier molecular flexibility index (Phi) is 4.39. The van der Waals surface area contributed by atoms with Crippen molar-refractivity contribution < 1.29 is 4.21 Å². The van der Waals surface area contributed by atoms with E-state index in [9.17, 15) is 4.21 Å². The molecule has 0 amide bonds. The van der Waals surface area contributed by atoms with E-state index in [1.54, 1.807) is 0 Å². The van der Waals surface area contributed by atoms with Crippen molar-refractivity contribution in [1.82, 2.24) is 9.80 Å². The van der Waals surface area contributed by atoms with Crippen LogP contribution in [-0.2, 0) is 10.8 Å². The molecule has 2 heterocycles. The van der Waals surface area contributed by atoms with Crippen LogP contribution in [0.15, 0.2) is 0 Å².